The molecule has 6 nitrogen and oxygen atoms in total. The molecule has 1 rings (SSSR count). The fourth-order valence-electron chi connectivity index (χ4n) is 1.87. The van der Waals surface area contributed by atoms with Crippen LogP contribution >= 0.6 is 0 Å². The highest BCUT2D eigenvalue weighted by Crippen LogP contribution is 2.25. The van der Waals surface area contributed by atoms with Crippen LogP contribution < -0.4 is 10.6 Å². The van der Waals surface area contributed by atoms with Crippen LogP contribution in [0.3, 0.4) is 0 Å². The fourth-order valence-corrected chi connectivity index (χ4v) is 2.56. The van der Waals surface area contributed by atoms with Crippen molar-refractivity contribution in [2.75, 3.05) is 29.2 Å². The third kappa shape index (κ3) is 6.57. The van der Waals surface area contributed by atoms with Crippen molar-refractivity contribution in [2.24, 2.45) is 0 Å². The van der Waals surface area contributed by atoms with Gasteiger partial charge in [0, 0.05) is 58.9 Å². The van der Waals surface area contributed by atoms with Crippen LogP contribution in [-0.2, 0) is 10.8 Å². The molecule has 0 aromatic heterocycles. The van der Waals surface area contributed by atoms with Gasteiger partial charge in [-0.15, -0.1) is 0 Å². The summed E-state index contributed by atoms with van der Waals surface area (Å²) in [4.78, 5) is 10.6. The van der Waals surface area contributed by atoms with Gasteiger partial charge < -0.3 is 10.6 Å². The molecule has 0 fully saturated rings. The lowest BCUT2D eigenvalue weighted by Gasteiger charge is -2.16. The number of hydrogen-bond donors (Lipinski definition) is 2. The first-order valence-corrected chi connectivity index (χ1v) is 8.75. The Balaban J connectivity index is 2.81. The molecule has 0 radical (unpaired) electrons. The Labute approximate surface area is 127 Å². The van der Waals surface area contributed by atoms with E-state index in [2.05, 4.69) is 10.6 Å². The van der Waals surface area contributed by atoms with Crippen molar-refractivity contribution < 1.29 is 9.13 Å². The lowest BCUT2D eigenvalue weighted by atomic mass is 10.2. The van der Waals surface area contributed by atoms with Crippen molar-refractivity contribution in [3.63, 3.8) is 0 Å². The van der Waals surface area contributed by atoms with Gasteiger partial charge in [0.1, 0.15) is 0 Å². The predicted octanol–water partition coefficient (Wildman–Crippen LogP) is 2.99. The number of nitro groups is 1. The van der Waals surface area contributed by atoms with Gasteiger partial charge >= 0.3 is 0 Å². The molecular formula is C14H23N3O3S. The van der Waals surface area contributed by atoms with Crippen molar-refractivity contribution in [1.29, 1.82) is 0 Å². The minimum atomic E-state index is -0.825. The minimum absolute atomic E-state index is 0.0601. The van der Waals surface area contributed by atoms with E-state index in [1.807, 2.05) is 19.9 Å². The number of nitrogens with one attached hydrogen (secondary N) is 2. The van der Waals surface area contributed by atoms with Crippen LogP contribution in [0.25, 0.3) is 0 Å². The van der Waals surface area contributed by atoms with Crippen LogP contribution in [0.4, 0.5) is 17.1 Å². The van der Waals surface area contributed by atoms with Crippen LogP contribution in [0.15, 0.2) is 18.2 Å². The molecule has 0 bridgehead atoms. The summed E-state index contributed by atoms with van der Waals surface area (Å²) in [5.41, 5.74) is 1.50. The Morgan fingerprint density at radius 3 is 2.57 bits per heavy atom. The third-order valence-electron chi connectivity index (χ3n) is 2.96. The van der Waals surface area contributed by atoms with Gasteiger partial charge in [-0.2, -0.15) is 0 Å². The van der Waals surface area contributed by atoms with E-state index in [1.54, 1.807) is 6.26 Å². The SMILES string of the molecule is CCCNc1cc(NC(C)CCS(C)=O)cc([N+](=O)[O-])c1. The van der Waals surface area contributed by atoms with E-state index < -0.39 is 15.7 Å². The summed E-state index contributed by atoms with van der Waals surface area (Å²) >= 11 is 0. The zero-order valence-electron chi connectivity index (χ0n) is 12.7. The number of anilines is 2. The van der Waals surface area contributed by atoms with Crippen LogP contribution in [0.1, 0.15) is 26.7 Å². The predicted molar refractivity (Wildman–Crippen MR) is 88.5 cm³/mol. The maximum absolute atomic E-state index is 11.1. The normalized spacial score (nSPS) is 13.5. The maximum atomic E-state index is 11.1. The molecule has 0 aliphatic rings. The van der Waals surface area contributed by atoms with Crippen molar-refractivity contribution in [2.45, 2.75) is 32.7 Å². The molecule has 0 aliphatic carbocycles. The Hall–Kier alpha value is -1.63. The summed E-state index contributed by atoms with van der Waals surface area (Å²) in [6, 6.07) is 5.03. The van der Waals surface area contributed by atoms with Crippen LogP contribution in [0.5, 0.6) is 0 Å². The molecule has 0 spiro atoms. The maximum Gasteiger partial charge on any atom is 0.273 e. The van der Waals surface area contributed by atoms with Gasteiger partial charge in [0.25, 0.3) is 5.69 Å². The molecule has 0 aliphatic heterocycles. The molecule has 0 heterocycles. The Kier molecular flexibility index (Phi) is 7.14. The summed E-state index contributed by atoms with van der Waals surface area (Å²) in [6.07, 6.45) is 3.38. The van der Waals surface area contributed by atoms with Crippen molar-refractivity contribution >= 4 is 27.9 Å². The number of rotatable bonds is 9. The topological polar surface area (TPSA) is 84.3 Å². The molecule has 0 saturated heterocycles. The molecule has 2 N–H and O–H groups in total. The monoisotopic (exact) mass is 313 g/mol. The smallest absolute Gasteiger partial charge is 0.273 e. The second-order valence-electron chi connectivity index (χ2n) is 5.06. The first-order chi connectivity index (χ1) is 9.92. The summed E-state index contributed by atoms with van der Waals surface area (Å²) in [5, 5.41) is 17.4. The van der Waals surface area contributed by atoms with Gasteiger partial charge in [-0.05, 0) is 25.8 Å². The standard InChI is InChI=1S/C14H23N3O3S/c1-4-6-15-12-8-13(10-14(9-12)17(18)19)16-11(2)5-7-21(3)20/h8-11,15-16H,4-7H2,1-3H3. The van der Waals surface area contributed by atoms with E-state index in [4.69, 9.17) is 0 Å². The van der Waals surface area contributed by atoms with Crippen molar-refractivity contribution in [3.05, 3.63) is 28.3 Å². The van der Waals surface area contributed by atoms with E-state index in [0.717, 1.165) is 25.1 Å². The number of non-ortho nitro benzene ring substituents is 1. The fraction of sp³-hybridized carbons (Fsp3) is 0.571. The summed E-state index contributed by atoms with van der Waals surface area (Å²) in [6.45, 7) is 4.78. The van der Waals surface area contributed by atoms with Crippen LogP contribution in [0, 0.1) is 10.1 Å². The van der Waals surface area contributed by atoms with Gasteiger partial charge in [-0.3, -0.25) is 14.3 Å². The van der Waals surface area contributed by atoms with Gasteiger partial charge in [0.15, 0.2) is 0 Å². The second-order valence-corrected chi connectivity index (χ2v) is 6.62. The zero-order valence-corrected chi connectivity index (χ0v) is 13.5. The molecule has 0 saturated carbocycles. The van der Waals surface area contributed by atoms with Crippen molar-refractivity contribution in [3.8, 4) is 0 Å². The van der Waals surface area contributed by atoms with E-state index in [9.17, 15) is 14.3 Å². The van der Waals surface area contributed by atoms with E-state index >= 15 is 0 Å². The number of nitro benzene ring substituents is 1. The molecule has 2 unspecified atom stereocenters. The Morgan fingerprint density at radius 1 is 1.33 bits per heavy atom. The van der Waals surface area contributed by atoms with Gasteiger partial charge in [0.2, 0.25) is 0 Å². The molecular weight excluding hydrogens is 290 g/mol. The number of hydrogen-bond acceptors (Lipinski definition) is 5. The molecule has 1 aromatic rings. The highest BCUT2D eigenvalue weighted by atomic mass is 32.2. The molecule has 1 aromatic carbocycles. The highest BCUT2D eigenvalue weighted by Gasteiger charge is 2.11. The van der Waals surface area contributed by atoms with E-state index in [1.165, 1.54) is 12.1 Å². The van der Waals surface area contributed by atoms with Crippen LogP contribution in [0.2, 0.25) is 0 Å². The minimum Gasteiger partial charge on any atom is -0.385 e. The zero-order chi connectivity index (χ0) is 15.8. The molecule has 118 valence electrons. The Bertz CT molecular complexity index is 508. The first kappa shape index (κ1) is 17.4. The first-order valence-electron chi connectivity index (χ1n) is 7.02. The van der Waals surface area contributed by atoms with Crippen molar-refractivity contribution in [1.82, 2.24) is 0 Å². The Morgan fingerprint density at radius 2 is 2.00 bits per heavy atom. The van der Waals surface area contributed by atoms with Gasteiger partial charge in [0.05, 0.1) is 4.92 Å². The largest absolute Gasteiger partial charge is 0.385 e. The van der Waals surface area contributed by atoms with Crippen LogP contribution in [-0.4, -0.2) is 33.7 Å². The summed E-state index contributed by atoms with van der Waals surface area (Å²) < 4.78 is 11.1. The number of benzene rings is 1. The average molecular weight is 313 g/mol. The average Bonchev–Trinajstić information content (AvgIpc) is 2.42. The lowest BCUT2D eigenvalue weighted by Crippen LogP contribution is -2.18. The molecule has 7 heteroatoms. The lowest BCUT2D eigenvalue weighted by molar-refractivity contribution is -0.384. The van der Waals surface area contributed by atoms with E-state index in [0.29, 0.717) is 11.4 Å². The molecule has 0 amide bonds. The van der Waals surface area contributed by atoms with E-state index in [-0.39, 0.29) is 11.7 Å². The molecule has 2 atom stereocenters. The quantitative estimate of drug-likeness (QED) is 0.541. The van der Waals surface area contributed by atoms with Gasteiger partial charge in [-0.1, -0.05) is 6.92 Å². The summed E-state index contributed by atoms with van der Waals surface area (Å²) in [5.74, 6) is 0.615. The summed E-state index contributed by atoms with van der Waals surface area (Å²) in [7, 11) is -0.825. The van der Waals surface area contributed by atoms with Gasteiger partial charge in [-0.25, -0.2) is 0 Å². The highest BCUT2D eigenvalue weighted by molar-refractivity contribution is 7.84. The second kappa shape index (κ2) is 8.61. The number of nitrogens with zero attached hydrogens (tertiary/aromatic N) is 1. The third-order valence-corrected chi connectivity index (χ3v) is 3.77. The molecule has 21 heavy (non-hydrogen) atoms.